The minimum Gasteiger partial charge on any atom is -0.447 e. The van der Waals surface area contributed by atoms with Gasteiger partial charge in [0.25, 0.3) is 0 Å². The zero-order valence-corrected chi connectivity index (χ0v) is 17.5. The Hall–Kier alpha value is -0.725. The Bertz CT molecular complexity index is 575. The molecule has 0 aromatic heterocycles. The Labute approximate surface area is 177 Å². The van der Waals surface area contributed by atoms with E-state index in [4.69, 9.17) is 10.3 Å². The van der Waals surface area contributed by atoms with Crippen LogP contribution in [0.3, 0.4) is 0 Å². The van der Waals surface area contributed by atoms with Crippen molar-refractivity contribution in [1.29, 1.82) is 0 Å². The maximum atomic E-state index is 12.3. The van der Waals surface area contributed by atoms with Gasteiger partial charge in [0.15, 0.2) is 0 Å². The fourth-order valence-electron chi connectivity index (χ4n) is 2.22. The van der Waals surface area contributed by atoms with Crippen LogP contribution in [0.25, 0.3) is 10.4 Å². The van der Waals surface area contributed by atoms with E-state index in [1.54, 1.807) is 6.92 Å². The van der Waals surface area contributed by atoms with Gasteiger partial charge in [0.2, 0.25) is 5.91 Å². The van der Waals surface area contributed by atoms with E-state index in [2.05, 4.69) is 10.0 Å². The number of rotatable bonds is 5. The van der Waals surface area contributed by atoms with Crippen molar-refractivity contribution in [3.8, 4) is 0 Å². The molecule has 1 aliphatic rings. The molecule has 0 aliphatic carbocycles. The molecule has 2 amide bonds. The monoisotopic (exact) mass is 372 g/mol. The summed E-state index contributed by atoms with van der Waals surface area (Å²) >= 11 is 0. The topological polar surface area (TPSA) is 95.4 Å². The number of benzene rings is 1. The average Bonchev–Trinajstić information content (AvgIpc) is 2.86. The fourth-order valence-corrected chi connectivity index (χ4v) is 2.22. The zero-order valence-electron chi connectivity index (χ0n) is 12.5. The smallest absolute Gasteiger partial charge is 0.447 e. The van der Waals surface area contributed by atoms with Crippen LogP contribution >= 0.6 is 0 Å². The Kier molecular flexibility index (Phi) is 8.28. The molecule has 22 heavy (non-hydrogen) atoms. The Morgan fingerprint density at radius 2 is 2.23 bits per heavy atom. The number of carbonyl (C=O) groups excluding carboxylic acids is 2. The van der Waals surface area contributed by atoms with Crippen molar-refractivity contribution in [3.05, 3.63) is 52.8 Å². The van der Waals surface area contributed by atoms with Gasteiger partial charge in [-0.05, 0) is 28.5 Å². The van der Waals surface area contributed by atoms with Gasteiger partial charge in [-0.2, -0.15) is 6.92 Å². The van der Waals surface area contributed by atoms with E-state index in [1.165, 1.54) is 6.42 Å². The number of imide groups is 1. The Balaban J connectivity index is 0.00000242. The first-order chi connectivity index (χ1) is 10.2. The summed E-state index contributed by atoms with van der Waals surface area (Å²) in [5, 5.41) is 3.39. The first-order valence-electron chi connectivity index (χ1n) is 6.54. The minimum absolute atomic E-state index is 0. The number of azide groups is 1. The third-order valence-electron chi connectivity index (χ3n) is 3.26. The molecule has 1 aromatic rings. The van der Waals surface area contributed by atoms with Crippen LogP contribution in [0, 0.1) is 6.42 Å². The van der Waals surface area contributed by atoms with Gasteiger partial charge in [0.05, 0.1) is 6.04 Å². The number of hydrogen-bond acceptors (Lipinski definition) is 4. The van der Waals surface area contributed by atoms with E-state index in [1.807, 2.05) is 30.3 Å². The first kappa shape index (κ1) is 19.3. The molecule has 7 nitrogen and oxygen atoms in total. The molecule has 2 rings (SSSR count). The van der Waals surface area contributed by atoms with Gasteiger partial charge < -0.3 is 11.2 Å². The molecular formula is C14H15N4O3Rb. The molecule has 1 fully saturated rings. The number of carbonyl (C=O) groups is 2. The maximum Gasteiger partial charge on any atom is 1.00 e. The minimum atomic E-state index is -1.00. The van der Waals surface area contributed by atoms with E-state index in [0.717, 1.165) is 10.5 Å². The molecule has 2 atom stereocenters. The van der Waals surface area contributed by atoms with Crippen molar-refractivity contribution in [2.24, 2.45) is 5.11 Å². The van der Waals surface area contributed by atoms with Crippen LogP contribution in [-0.2, 0) is 16.0 Å². The third-order valence-corrected chi connectivity index (χ3v) is 3.26. The number of amides is 2. The molecule has 1 aromatic carbocycles. The molecule has 8 heteroatoms. The number of ether oxygens (including phenoxy) is 1. The Morgan fingerprint density at radius 3 is 2.82 bits per heavy atom. The second-order valence-corrected chi connectivity index (χ2v) is 4.61. The van der Waals surface area contributed by atoms with Gasteiger partial charge in [-0.25, -0.2) is 9.69 Å². The van der Waals surface area contributed by atoms with Crippen LogP contribution in [0.1, 0.15) is 12.5 Å². The van der Waals surface area contributed by atoms with Gasteiger partial charge in [-0.1, -0.05) is 30.3 Å². The normalized spacial score (nSPS) is 18.0. The second kappa shape index (κ2) is 9.42. The molecule has 1 heterocycles. The summed E-state index contributed by atoms with van der Waals surface area (Å²) in [5.41, 5.74) is 9.48. The molecule has 1 saturated heterocycles. The van der Waals surface area contributed by atoms with Crippen molar-refractivity contribution in [1.82, 2.24) is 4.90 Å². The summed E-state index contributed by atoms with van der Waals surface area (Å²) in [6.07, 6.45) is 1.26. The second-order valence-electron chi connectivity index (χ2n) is 4.61. The predicted octanol–water partition coefficient (Wildman–Crippen LogP) is -0.516. The third kappa shape index (κ3) is 4.63. The molecule has 110 valence electrons. The predicted molar refractivity (Wildman–Crippen MR) is 75.0 cm³/mol. The SMILES string of the molecule is C[CH-][C@H](N=[N+]=[N-])C(=O)N1C(=O)OC[C@H]1Cc1ccccc1.[Rb+]. The maximum absolute atomic E-state index is 12.3. The summed E-state index contributed by atoms with van der Waals surface area (Å²) in [5.74, 6) is -0.557. The Morgan fingerprint density at radius 1 is 1.55 bits per heavy atom. The largest absolute Gasteiger partial charge is 1.00 e. The summed E-state index contributed by atoms with van der Waals surface area (Å²) in [6, 6.07) is 8.13. The fraction of sp³-hybridized carbons (Fsp3) is 0.357. The summed E-state index contributed by atoms with van der Waals surface area (Å²) in [4.78, 5) is 27.8. The number of cyclic esters (lactones) is 1. The van der Waals surface area contributed by atoms with Gasteiger partial charge >= 0.3 is 64.3 Å². The van der Waals surface area contributed by atoms with Gasteiger partial charge in [-0.3, -0.25) is 4.79 Å². The first-order valence-corrected chi connectivity index (χ1v) is 6.54. The molecule has 1 aliphatic heterocycles. The van der Waals surface area contributed by atoms with Crippen molar-refractivity contribution in [2.75, 3.05) is 6.61 Å². The summed E-state index contributed by atoms with van der Waals surface area (Å²) in [6.45, 7) is 1.75. The quantitative estimate of drug-likeness (QED) is 0.301. The van der Waals surface area contributed by atoms with Crippen molar-refractivity contribution in [3.63, 3.8) is 0 Å². The molecule has 0 N–H and O–H groups in total. The molecule has 0 unspecified atom stereocenters. The molecule has 0 saturated carbocycles. The summed E-state index contributed by atoms with van der Waals surface area (Å²) < 4.78 is 4.96. The molecule has 0 bridgehead atoms. The van der Waals surface area contributed by atoms with Crippen LogP contribution in [0.4, 0.5) is 4.79 Å². The standard InChI is InChI=1S/C14H15N4O3.Rb/c1-2-12(16-17-15)13(19)18-11(9-21-14(18)20)8-10-6-4-3-5-7-10;/h2-7,11-12H,8-9H2,1H3;/q-1;+1/t11-,12+;/m1./s1. The summed E-state index contributed by atoms with van der Waals surface area (Å²) in [7, 11) is 0. The van der Waals surface area contributed by atoms with Crippen LogP contribution in [-0.4, -0.2) is 35.6 Å². The van der Waals surface area contributed by atoms with Crippen molar-refractivity contribution < 1.29 is 72.5 Å². The molecular weight excluding hydrogens is 358 g/mol. The number of nitrogens with zero attached hydrogens (tertiary/aromatic N) is 4. The van der Waals surface area contributed by atoms with E-state index >= 15 is 0 Å². The van der Waals surface area contributed by atoms with Crippen LogP contribution in [0.15, 0.2) is 35.4 Å². The van der Waals surface area contributed by atoms with Gasteiger partial charge in [0, 0.05) is 0 Å². The zero-order chi connectivity index (χ0) is 15.2. The van der Waals surface area contributed by atoms with E-state index < -0.39 is 18.0 Å². The van der Waals surface area contributed by atoms with E-state index in [9.17, 15) is 9.59 Å². The number of hydrogen-bond donors (Lipinski definition) is 0. The average molecular weight is 373 g/mol. The molecule has 0 spiro atoms. The van der Waals surface area contributed by atoms with Crippen LogP contribution in [0.5, 0.6) is 0 Å². The van der Waals surface area contributed by atoms with E-state index in [0.29, 0.717) is 6.42 Å². The van der Waals surface area contributed by atoms with E-state index in [-0.39, 0.29) is 70.8 Å². The van der Waals surface area contributed by atoms with Crippen molar-refractivity contribution >= 4 is 12.0 Å². The van der Waals surface area contributed by atoms with Crippen molar-refractivity contribution in [2.45, 2.75) is 25.4 Å². The van der Waals surface area contributed by atoms with Gasteiger partial charge in [-0.15, -0.1) is 5.11 Å². The molecule has 0 radical (unpaired) electrons. The van der Waals surface area contributed by atoms with Crippen LogP contribution in [0.2, 0.25) is 0 Å². The van der Waals surface area contributed by atoms with Crippen LogP contribution < -0.4 is 58.2 Å². The van der Waals surface area contributed by atoms with Gasteiger partial charge in [0.1, 0.15) is 6.61 Å².